The number of guanidine groups is 1. The third kappa shape index (κ3) is 5.45. The van der Waals surface area contributed by atoms with Gasteiger partial charge in [-0.25, -0.2) is 9.98 Å². The van der Waals surface area contributed by atoms with Crippen LogP contribution in [0.4, 0.5) is 18.9 Å². The fourth-order valence-corrected chi connectivity index (χ4v) is 1.77. The highest BCUT2D eigenvalue weighted by molar-refractivity contribution is 5.92. The lowest BCUT2D eigenvalue weighted by Crippen LogP contribution is -2.23. The van der Waals surface area contributed by atoms with E-state index in [1.165, 1.54) is 6.07 Å². The van der Waals surface area contributed by atoms with Gasteiger partial charge in [0.1, 0.15) is 6.61 Å². The molecule has 0 bridgehead atoms. The number of ether oxygens (including phenoxy) is 1. The highest BCUT2D eigenvalue weighted by Gasteiger charge is 2.30. The van der Waals surface area contributed by atoms with E-state index >= 15 is 0 Å². The Hall–Kier alpha value is -2.77. The van der Waals surface area contributed by atoms with Gasteiger partial charge in [0.15, 0.2) is 5.96 Å². The van der Waals surface area contributed by atoms with Gasteiger partial charge < -0.3 is 15.8 Å². The molecule has 0 aliphatic heterocycles. The maximum atomic E-state index is 12.4. The van der Waals surface area contributed by atoms with Gasteiger partial charge in [0.05, 0.1) is 12.1 Å². The lowest BCUT2D eigenvalue weighted by molar-refractivity contribution is -0.137. The van der Waals surface area contributed by atoms with Crippen LogP contribution in [0.2, 0.25) is 0 Å². The van der Waals surface area contributed by atoms with Gasteiger partial charge in [-0.15, -0.1) is 0 Å². The predicted molar refractivity (Wildman–Crippen MR) is 86.0 cm³/mol. The summed E-state index contributed by atoms with van der Waals surface area (Å²) in [6.07, 6.45) is -3.68. The first kappa shape index (κ1) is 17.6. The van der Waals surface area contributed by atoms with Crippen LogP contribution >= 0.6 is 0 Å². The summed E-state index contributed by atoms with van der Waals surface area (Å²) < 4.78 is 42.4. The molecule has 1 heterocycles. The largest absolute Gasteiger partial charge is 0.476 e. The van der Waals surface area contributed by atoms with E-state index in [1.807, 2.05) is 31.2 Å². The van der Waals surface area contributed by atoms with Crippen molar-refractivity contribution in [2.24, 2.45) is 10.7 Å². The molecular weight excluding hydrogens is 321 g/mol. The third-order valence-electron chi connectivity index (χ3n) is 3.01. The van der Waals surface area contributed by atoms with Gasteiger partial charge in [0, 0.05) is 18.0 Å². The number of rotatable bonds is 5. The Morgan fingerprint density at radius 1 is 1.21 bits per heavy atom. The number of pyridine rings is 1. The summed E-state index contributed by atoms with van der Waals surface area (Å²) >= 11 is 0. The quantitative estimate of drug-likeness (QED) is 0.499. The van der Waals surface area contributed by atoms with Crippen molar-refractivity contribution in [3.8, 4) is 5.88 Å². The molecule has 0 fully saturated rings. The number of benzene rings is 1. The summed E-state index contributed by atoms with van der Waals surface area (Å²) in [5, 5.41) is 2.92. The van der Waals surface area contributed by atoms with Gasteiger partial charge in [0.25, 0.3) is 0 Å². The average molecular weight is 338 g/mol. The molecule has 8 heteroatoms. The summed E-state index contributed by atoms with van der Waals surface area (Å²) in [5.74, 6) is 0.325. The number of alkyl halides is 3. The first-order chi connectivity index (χ1) is 11.3. The van der Waals surface area contributed by atoms with E-state index in [9.17, 15) is 13.2 Å². The van der Waals surface area contributed by atoms with Gasteiger partial charge in [-0.05, 0) is 25.1 Å². The Labute approximate surface area is 137 Å². The van der Waals surface area contributed by atoms with Crippen LogP contribution in [0.15, 0.2) is 47.6 Å². The average Bonchev–Trinajstić information content (AvgIpc) is 2.53. The maximum Gasteiger partial charge on any atom is 0.417 e. The Kier molecular flexibility index (Phi) is 5.62. The Balaban J connectivity index is 1.78. The lowest BCUT2D eigenvalue weighted by Gasteiger charge is -2.08. The fourth-order valence-electron chi connectivity index (χ4n) is 1.77. The summed E-state index contributed by atoms with van der Waals surface area (Å²) in [7, 11) is 0. The molecule has 0 amide bonds. The summed E-state index contributed by atoms with van der Waals surface area (Å²) in [6.45, 7) is 2.37. The Morgan fingerprint density at radius 2 is 1.92 bits per heavy atom. The van der Waals surface area contributed by atoms with Crippen LogP contribution in [-0.2, 0) is 6.18 Å². The van der Waals surface area contributed by atoms with Crippen molar-refractivity contribution in [3.05, 3.63) is 53.7 Å². The highest BCUT2D eigenvalue weighted by Crippen LogP contribution is 2.29. The molecule has 1 aromatic carbocycles. The van der Waals surface area contributed by atoms with E-state index in [2.05, 4.69) is 15.3 Å². The number of hydrogen-bond acceptors (Lipinski definition) is 3. The molecule has 2 aromatic rings. The van der Waals surface area contributed by atoms with Gasteiger partial charge in [-0.1, -0.05) is 17.7 Å². The molecular formula is C16H17F3N4O. The normalized spacial score (nSPS) is 12.1. The topological polar surface area (TPSA) is 72.5 Å². The molecule has 0 saturated heterocycles. The van der Waals surface area contributed by atoms with E-state index in [4.69, 9.17) is 10.5 Å². The van der Waals surface area contributed by atoms with Crippen LogP contribution in [0.25, 0.3) is 0 Å². The van der Waals surface area contributed by atoms with Gasteiger partial charge >= 0.3 is 6.18 Å². The molecule has 128 valence electrons. The minimum Gasteiger partial charge on any atom is -0.476 e. The Morgan fingerprint density at radius 3 is 2.50 bits per heavy atom. The fraction of sp³-hybridized carbons (Fsp3) is 0.250. The molecule has 1 aromatic heterocycles. The number of nitrogens with zero attached hydrogens (tertiary/aromatic N) is 2. The van der Waals surface area contributed by atoms with Crippen LogP contribution in [0.3, 0.4) is 0 Å². The van der Waals surface area contributed by atoms with Gasteiger partial charge in [-0.2, -0.15) is 13.2 Å². The number of nitrogens with one attached hydrogen (secondary N) is 1. The monoisotopic (exact) mass is 338 g/mol. The Bertz CT molecular complexity index is 682. The van der Waals surface area contributed by atoms with Crippen molar-refractivity contribution in [2.45, 2.75) is 13.1 Å². The number of halogens is 3. The summed E-state index contributed by atoms with van der Waals surface area (Å²) in [5.41, 5.74) is 6.86. The molecule has 0 aliphatic rings. The second-order valence-electron chi connectivity index (χ2n) is 4.99. The van der Waals surface area contributed by atoms with Crippen LogP contribution in [0.5, 0.6) is 5.88 Å². The molecule has 0 aliphatic carbocycles. The molecule has 3 N–H and O–H groups in total. The maximum absolute atomic E-state index is 12.4. The number of aryl methyl sites for hydroxylation is 1. The van der Waals surface area contributed by atoms with Crippen LogP contribution in [0.1, 0.15) is 11.1 Å². The SMILES string of the molecule is Cc1ccc(NC(N)=NCCOc2ccc(C(F)(F)F)cn2)cc1. The van der Waals surface area contributed by atoms with Crippen molar-refractivity contribution in [3.63, 3.8) is 0 Å². The molecule has 5 nitrogen and oxygen atoms in total. The van der Waals surface area contributed by atoms with Crippen molar-refractivity contribution >= 4 is 11.6 Å². The first-order valence-electron chi connectivity index (χ1n) is 7.14. The first-order valence-corrected chi connectivity index (χ1v) is 7.14. The van der Waals surface area contributed by atoms with E-state index in [1.54, 1.807) is 0 Å². The molecule has 0 saturated carbocycles. The smallest absolute Gasteiger partial charge is 0.417 e. The molecule has 0 spiro atoms. The number of aromatic nitrogens is 1. The molecule has 0 radical (unpaired) electrons. The number of aliphatic imine (C=N–C) groups is 1. The molecule has 0 atom stereocenters. The van der Waals surface area contributed by atoms with Crippen LogP contribution < -0.4 is 15.8 Å². The standard InChI is InChI=1S/C16H17F3N4O/c1-11-2-5-13(6-3-11)23-15(20)21-8-9-24-14-7-4-12(10-22-14)16(17,18)19/h2-7,10H,8-9H2,1H3,(H3,20,21,23). The minimum absolute atomic E-state index is 0.100. The molecule has 2 rings (SSSR count). The molecule has 0 unspecified atom stereocenters. The number of hydrogen-bond donors (Lipinski definition) is 2. The van der Waals surface area contributed by atoms with Crippen molar-refractivity contribution < 1.29 is 17.9 Å². The van der Waals surface area contributed by atoms with E-state index < -0.39 is 11.7 Å². The minimum atomic E-state index is -4.41. The lowest BCUT2D eigenvalue weighted by atomic mass is 10.2. The summed E-state index contributed by atoms with van der Waals surface area (Å²) in [4.78, 5) is 7.66. The third-order valence-corrected chi connectivity index (χ3v) is 3.01. The predicted octanol–water partition coefficient (Wildman–Crippen LogP) is 3.21. The second kappa shape index (κ2) is 7.67. The zero-order chi connectivity index (χ0) is 17.6. The van der Waals surface area contributed by atoms with E-state index in [0.717, 1.165) is 23.5 Å². The van der Waals surface area contributed by atoms with E-state index in [0.29, 0.717) is 0 Å². The van der Waals surface area contributed by atoms with E-state index in [-0.39, 0.29) is 25.0 Å². The van der Waals surface area contributed by atoms with Crippen LogP contribution in [-0.4, -0.2) is 24.1 Å². The van der Waals surface area contributed by atoms with Crippen molar-refractivity contribution in [1.82, 2.24) is 4.98 Å². The molecule has 24 heavy (non-hydrogen) atoms. The number of nitrogens with two attached hydrogens (primary N) is 1. The zero-order valence-corrected chi connectivity index (χ0v) is 13.0. The van der Waals surface area contributed by atoms with Gasteiger partial charge in [0.2, 0.25) is 5.88 Å². The zero-order valence-electron chi connectivity index (χ0n) is 13.0. The number of anilines is 1. The van der Waals surface area contributed by atoms with Gasteiger partial charge in [-0.3, -0.25) is 0 Å². The van der Waals surface area contributed by atoms with Crippen molar-refractivity contribution in [1.29, 1.82) is 0 Å². The summed E-state index contributed by atoms with van der Waals surface area (Å²) in [6, 6.07) is 9.71. The highest BCUT2D eigenvalue weighted by atomic mass is 19.4. The second-order valence-corrected chi connectivity index (χ2v) is 4.99. The van der Waals surface area contributed by atoms with Crippen molar-refractivity contribution in [2.75, 3.05) is 18.5 Å². The van der Waals surface area contributed by atoms with Crippen LogP contribution in [0, 0.1) is 6.92 Å².